The number of ether oxygens (including phenoxy) is 1. The minimum absolute atomic E-state index is 0.0284. The number of carbonyl (C=O) groups excluding carboxylic acids is 1. The molecule has 0 spiro atoms. The Kier molecular flexibility index (Phi) is 6.66. The van der Waals surface area contributed by atoms with E-state index in [1.54, 1.807) is 18.2 Å². The molecule has 3 rings (SSSR count). The zero-order valence-corrected chi connectivity index (χ0v) is 15.9. The predicted molar refractivity (Wildman–Crippen MR) is 109 cm³/mol. The molecule has 2 aromatic rings. The molecular formula is C23H28N2O2. The fourth-order valence-electron chi connectivity index (χ4n) is 3.52. The van der Waals surface area contributed by atoms with Crippen LogP contribution < -0.4 is 10.1 Å². The van der Waals surface area contributed by atoms with Crippen molar-refractivity contribution in [3.05, 3.63) is 78.4 Å². The van der Waals surface area contributed by atoms with Crippen LogP contribution in [-0.4, -0.2) is 36.5 Å². The molecule has 1 aliphatic heterocycles. The van der Waals surface area contributed by atoms with E-state index in [1.807, 2.05) is 18.2 Å². The van der Waals surface area contributed by atoms with Crippen LogP contribution in [0.15, 0.2) is 67.3 Å². The van der Waals surface area contributed by atoms with Gasteiger partial charge in [0.15, 0.2) is 0 Å². The van der Waals surface area contributed by atoms with Gasteiger partial charge in [-0.15, -0.1) is 0 Å². The van der Waals surface area contributed by atoms with Crippen LogP contribution in [0.4, 0.5) is 0 Å². The number of benzene rings is 2. The molecule has 0 aromatic heterocycles. The van der Waals surface area contributed by atoms with Gasteiger partial charge >= 0.3 is 0 Å². The van der Waals surface area contributed by atoms with Crippen molar-refractivity contribution < 1.29 is 9.53 Å². The van der Waals surface area contributed by atoms with E-state index in [1.165, 1.54) is 5.56 Å². The maximum absolute atomic E-state index is 12.5. The first-order valence-corrected chi connectivity index (χ1v) is 9.56. The van der Waals surface area contributed by atoms with E-state index in [0.29, 0.717) is 18.1 Å². The topological polar surface area (TPSA) is 41.6 Å². The molecule has 1 N–H and O–H groups in total. The van der Waals surface area contributed by atoms with Crippen molar-refractivity contribution in [2.75, 3.05) is 19.7 Å². The maximum atomic E-state index is 12.5. The lowest BCUT2D eigenvalue weighted by molar-refractivity contribution is 0.0927. The third kappa shape index (κ3) is 5.44. The highest BCUT2D eigenvalue weighted by atomic mass is 16.5. The Labute approximate surface area is 161 Å². The summed E-state index contributed by atoms with van der Waals surface area (Å²) in [6.07, 6.45) is 2.81. The van der Waals surface area contributed by atoms with Crippen molar-refractivity contribution in [1.82, 2.24) is 10.2 Å². The highest BCUT2D eigenvalue weighted by Crippen LogP contribution is 2.22. The summed E-state index contributed by atoms with van der Waals surface area (Å²) in [4.78, 5) is 15.0. The van der Waals surface area contributed by atoms with E-state index >= 15 is 0 Å². The highest BCUT2D eigenvalue weighted by molar-refractivity contribution is 5.94. The molecular weight excluding hydrogens is 336 g/mol. The lowest BCUT2D eigenvalue weighted by atomic mass is 10.00. The summed E-state index contributed by atoms with van der Waals surface area (Å²) >= 11 is 0. The van der Waals surface area contributed by atoms with Crippen LogP contribution in [0.2, 0.25) is 0 Å². The standard InChI is InChI=1S/C23H28N2O2/c1-3-15-27-22-11-9-20(10-12-22)23(26)24-18(2)21-13-14-25(17-21)16-19-7-5-4-6-8-19/h3-12,18,21H,1,13-17H2,2H3,(H,24,26)/t18-,21+/m0/s1. The third-order valence-electron chi connectivity index (χ3n) is 5.11. The van der Waals surface area contributed by atoms with Gasteiger partial charge < -0.3 is 10.1 Å². The second-order valence-electron chi connectivity index (χ2n) is 7.16. The van der Waals surface area contributed by atoms with E-state index in [-0.39, 0.29) is 11.9 Å². The number of hydrogen-bond acceptors (Lipinski definition) is 3. The normalized spacial score (nSPS) is 18.0. The molecule has 1 amide bonds. The lowest BCUT2D eigenvalue weighted by Gasteiger charge is -2.22. The highest BCUT2D eigenvalue weighted by Gasteiger charge is 2.28. The smallest absolute Gasteiger partial charge is 0.251 e. The molecule has 1 saturated heterocycles. The second kappa shape index (κ2) is 9.38. The summed E-state index contributed by atoms with van der Waals surface area (Å²) in [5.74, 6) is 1.19. The Balaban J connectivity index is 1.49. The number of carbonyl (C=O) groups is 1. The van der Waals surface area contributed by atoms with Crippen LogP contribution in [0.5, 0.6) is 5.75 Å². The van der Waals surface area contributed by atoms with Gasteiger partial charge in [0.2, 0.25) is 0 Å². The van der Waals surface area contributed by atoms with Crippen molar-refractivity contribution in [3.8, 4) is 5.75 Å². The molecule has 1 heterocycles. The van der Waals surface area contributed by atoms with Crippen LogP contribution in [-0.2, 0) is 6.54 Å². The summed E-state index contributed by atoms with van der Waals surface area (Å²) in [7, 11) is 0. The van der Waals surface area contributed by atoms with Gasteiger partial charge in [0, 0.05) is 24.7 Å². The zero-order valence-electron chi connectivity index (χ0n) is 15.9. The molecule has 142 valence electrons. The molecule has 0 aliphatic carbocycles. The van der Waals surface area contributed by atoms with Crippen LogP contribution in [0.3, 0.4) is 0 Å². The molecule has 0 saturated carbocycles. The van der Waals surface area contributed by atoms with Gasteiger partial charge in [0.25, 0.3) is 5.91 Å². The largest absolute Gasteiger partial charge is 0.490 e. The van der Waals surface area contributed by atoms with Gasteiger partial charge in [-0.1, -0.05) is 43.0 Å². The molecule has 0 unspecified atom stereocenters. The summed E-state index contributed by atoms with van der Waals surface area (Å²) in [6, 6.07) is 17.9. The summed E-state index contributed by atoms with van der Waals surface area (Å²) in [5, 5.41) is 3.16. The van der Waals surface area contributed by atoms with Crippen LogP contribution in [0, 0.1) is 5.92 Å². The van der Waals surface area contributed by atoms with Crippen LogP contribution >= 0.6 is 0 Å². The third-order valence-corrected chi connectivity index (χ3v) is 5.11. The first kappa shape index (κ1) is 19.2. The number of amides is 1. The molecule has 1 fully saturated rings. The quantitative estimate of drug-likeness (QED) is 0.723. The van der Waals surface area contributed by atoms with Crippen LogP contribution in [0.25, 0.3) is 0 Å². The molecule has 2 atom stereocenters. The Morgan fingerprint density at radius 1 is 1.26 bits per heavy atom. The SMILES string of the molecule is C=CCOc1ccc(C(=O)N[C@@H](C)[C@@H]2CCN(Cc3ccccc3)C2)cc1. The molecule has 4 heteroatoms. The fourth-order valence-corrected chi connectivity index (χ4v) is 3.52. The average molecular weight is 364 g/mol. The van der Waals surface area contributed by atoms with Crippen molar-refractivity contribution >= 4 is 5.91 Å². The Bertz CT molecular complexity index is 743. The van der Waals surface area contributed by atoms with Crippen LogP contribution in [0.1, 0.15) is 29.3 Å². The number of rotatable bonds is 8. The summed E-state index contributed by atoms with van der Waals surface area (Å²) < 4.78 is 5.46. The first-order chi connectivity index (χ1) is 13.2. The molecule has 2 aromatic carbocycles. The molecule has 0 radical (unpaired) electrons. The summed E-state index contributed by atoms with van der Waals surface area (Å²) in [5.41, 5.74) is 2.00. The van der Waals surface area contributed by atoms with Crippen molar-refractivity contribution in [2.24, 2.45) is 5.92 Å². The van der Waals surface area contributed by atoms with E-state index in [9.17, 15) is 4.79 Å². The Hall–Kier alpha value is -2.59. The van der Waals surface area contributed by atoms with Gasteiger partial charge in [0.1, 0.15) is 12.4 Å². The van der Waals surface area contributed by atoms with Crippen molar-refractivity contribution in [3.63, 3.8) is 0 Å². The fraction of sp³-hybridized carbons (Fsp3) is 0.348. The van der Waals surface area contributed by atoms with E-state index in [4.69, 9.17) is 4.74 Å². The zero-order chi connectivity index (χ0) is 19.1. The molecule has 4 nitrogen and oxygen atoms in total. The summed E-state index contributed by atoms with van der Waals surface area (Å²) in [6.45, 7) is 9.27. The second-order valence-corrected chi connectivity index (χ2v) is 7.16. The van der Waals surface area contributed by atoms with E-state index < -0.39 is 0 Å². The Morgan fingerprint density at radius 2 is 2.00 bits per heavy atom. The van der Waals surface area contributed by atoms with E-state index in [2.05, 4.69) is 48.0 Å². The first-order valence-electron chi connectivity index (χ1n) is 9.56. The monoisotopic (exact) mass is 364 g/mol. The minimum Gasteiger partial charge on any atom is -0.490 e. The minimum atomic E-state index is -0.0284. The maximum Gasteiger partial charge on any atom is 0.251 e. The average Bonchev–Trinajstić information content (AvgIpc) is 3.16. The lowest BCUT2D eigenvalue weighted by Crippen LogP contribution is -2.39. The van der Waals surface area contributed by atoms with Gasteiger partial charge in [-0.2, -0.15) is 0 Å². The number of nitrogens with zero attached hydrogens (tertiary/aromatic N) is 1. The number of nitrogens with one attached hydrogen (secondary N) is 1. The van der Waals surface area contributed by atoms with Gasteiger partial charge in [-0.05, 0) is 55.6 Å². The molecule has 0 bridgehead atoms. The van der Waals surface area contributed by atoms with Gasteiger partial charge in [-0.25, -0.2) is 0 Å². The van der Waals surface area contributed by atoms with Gasteiger partial charge in [0.05, 0.1) is 0 Å². The van der Waals surface area contributed by atoms with E-state index in [0.717, 1.165) is 31.8 Å². The number of hydrogen-bond donors (Lipinski definition) is 1. The molecule has 1 aliphatic rings. The van der Waals surface area contributed by atoms with Gasteiger partial charge in [-0.3, -0.25) is 9.69 Å². The van der Waals surface area contributed by atoms with Crippen molar-refractivity contribution in [1.29, 1.82) is 0 Å². The molecule has 27 heavy (non-hydrogen) atoms. The number of likely N-dealkylation sites (tertiary alicyclic amines) is 1. The predicted octanol–water partition coefficient (Wildman–Crippen LogP) is 3.89. The Morgan fingerprint density at radius 3 is 2.70 bits per heavy atom. The van der Waals surface area contributed by atoms with Crippen molar-refractivity contribution in [2.45, 2.75) is 25.9 Å².